The summed E-state index contributed by atoms with van der Waals surface area (Å²) in [7, 11) is 0. The molecule has 0 bridgehead atoms. The fourth-order valence-electron chi connectivity index (χ4n) is 2.72. The average molecular weight is 335 g/mol. The van der Waals surface area contributed by atoms with Crippen molar-refractivity contribution in [3.63, 3.8) is 0 Å². The van der Waals surface area contributed by atoms with Gasteiger partial charge >= 0.3 is 0 Å². The molecule has 3 aromatic carbocycles. The van der Waals surface area contributed by atoms with Crippen LogP contribution in [-0.2, 0) is 11.2 Å². The summed E-state index contributed by atoms with van der Waals surface area (Å²) in [6, 6.07) is 24.9. The molecule has 3 aromatic rings. The molecule has 0 spiro atoms. The normalized spacial score (nSPS) is 10.7. The van der Waals surface area contributed by atoms with Crippen molar-refractivity contribution < 1.29 is 4.79 Å². The van der Waals surface area contributed by atoms with E-state index < -0.39 is 0 Å². The Kier molecular flexibility index (Phi) is 5.91. The van der Waals surface area contributed by atoms with Gasteiger partial charge in [-0.25, -0.2) is 0 Å². The molecule has 122 valence electrons. The van der Waals surface area contributed by atoms with Crippen LogP contribution >= 0.6 is 11.8 Å². The van der Waals surface area contributed by atoms with Gasteiger partial charge in [0.1, 0.15) is 0 Å². The number of nitrogens with one attached hydrogen (secondary N) is 1. The molecule has 3 rings (SSSR count). The van der Waals surface area contributed by atoms with Crippen molar-refractivity contribution in [3.05, 3.63) is 78.4 Å². The van der Waals surface area contributed by atoms with Gasteiger partial charge in [0.05, 0.1) is 0 Å². The van der Waals surface area contributed by atoms with Gasteiger partial charge in [-0.3, -0.25) is 4.79 Å². The Labute approximate surface area is 147 Å². The topological polar surface area (TPSA) is 29.1 Å². The van der Waals surface area contributed by atoms with Crippen LogP contribution < -0.4 is 5.32 Å². The highest BCUT2D eigenvalue weighted by Crippen LogP contribution is 2.19. The van der Waals surface area contributed by atoms with Crippen LogP contribution in [0.25, 0.3) is 10.8 Å². The molecule has 2 nitrogen and oxygen atoms in total. The van der Waals surface area contributed by atoms with Gasteiger partial charge in [0.25, 0.3) is 0 Å². The van der Waals surface area contributed by atoms with Gasteiger partial charge < -0.3 is 5.32 Å². The van der Waals surface area contributed by atoms with Crippen LogP contribution in [0.5, 0.6) is 0 Å². The van der Waals surface area contributed by atoms with Crippen LogP contribution in [0.15, 0.2) is 77.7 Å². The van der Waals surface area contributed by atoms with Gasteiger partial charge in [-0.15, -0.1) is 11.8 Å². The third-order valence-corrected chi connectivity index (χ3v) is 4.95. The first-order valence-corrected chi connectivity index (χ1v) is 9.23. The SMILES string of the molecule is O=C(CCc1cccc2ccccc12)NCCSc1ccccc1. The van der Waals surface area contributed by atoms with E-state index in [0.29, 0.717) is 13.0 Å². The van der Waals surface area contributed by atoms with Gasteiger partial charge in [0.15, 0.2) is 0 Å². The van der Waals surface area contributed by atoms with Crippen molar-refractivity contribution in [1.82, 2.24) is 5.32 Å². The number of hydrogen-bond acceptors (Lipinski definition) is 2. The molecule has 0 saturated heterocycles. The van der Waals surface area contributed by atoms with Crippen molar-refractivity contribution in [2.24, 2.45) is 0 Å². The molecule has 0 aliphatic rings. The van der Waals surface area contributed by atoms with Crippen molar-refractivity contribution in [2.75, 3.05) is 12.3 Å². The van der Waals surface area contributed by atoms with Crippen molar-refractivity contribution >= 4 is 28.4 Å². The molecule has 0 saturated carbocycles. The number of aryl methyl sites for hydroxylation is 1. The van der Waals surface area contributed by atoms with Gasteiger partial charge in [-0.2, -0.15) is 0 Å². The third kappa shape index (κ3) is 4.62. The summed E-state index contributed by atoms with van der Waals surface area (Å²) in [5, 5.41) is 5.49. The first-order chi connectivity index (χ1) is 11.8. The van der Waals surface area contributed by atoms with Gasteiger partial charge in [0.2, 0.25) is 5.91 Å². The van der Waals surface area contributed by atoms with Crippen molar-refractivity contribution in [3.8, 4) is 0 Å². The van der Waals surface area contributed by atoms with E-state index in [2.05, 4.69) is 47.8 Å². The largest absolute Gasteiger partial charge is 0.355 e. The molecule has 0 aliphatic heterocycles. The molecule has 1 amide bonds. The number of fused-ring (bicyclic) bond motifs is 1. The van der Waals surface area contributed by atoms with E-state index >= 15 is 0 Å². The Morgan fingerprint density at radius 1 is 0.875 bits per heavy atom. The van der Waals surface area contributed by atoms with Crippen LogP contribution in [-0.4, -0.2) is 18.2 Å². The van der Waals surface area contributed by atoms with Crippen LogP contribution in [0.2, 0.25) is 0 Å². The number of carbonyl (C=O) groups is 1. The quantitative estimate of drug-likeness (QED) is 0.502. The van der Waals surface area contributed by atoms with E-state index in [9.17, 15) is 4.79 Å². The van der Waals surface area contributed by atoms with Gasteiger partial charge in [-0.05, 0) is 34.9 Å². The maximum Gasteiger partial charge on any atom is 0.220 e. The number of thioether (sulfide) groups is 1. The lowest BCUT2D eigenvalue weighted by atomic mass is 10.0. The van der Waals surface area contributed by atoms with Crippen LogP contribution in [0, 0.1) is 0 Å². The van der Waals surface area contributed by atoms with E-state index in [1.165, 1.54) is 21.2 Å². The Morgan fingerprint density at radius 2 is 1.62 bits per heavy atom. The number of hydrogen-bond donors (Lipinski definition) is 1. The summed E-state index contributed by atoms with van der Waals surface area (Å²) >= 11 is 1.76. The molecule has 0 aromatic heterocycles. The molecule has 0 fully saturated rings. The van der Waals surface area contributed by atoms with E-state index in [1.54, 1.807) is 11.8 Å². The fourth-order valence-corrected chi connectivity index (χ4v) is 3.51. The summed E-state index contributed by atoms with van der Waals surface area (Å²) in [4.78, 5) is 13.3. The smallest absolute Gasteiger partial charge is 0.220 e. The second kappa shape index (κ2) is 8.55. The monoisotopic (exact) mass is 335 g/mol. The molecule has 1 N–H and O–H groups in total. The number of benzene rings is 3. The maximum absolute atomic E-state index is 12.0. The van der Waals surface area contributed by atoms with E-state index in [0.717, 1.165) is 12.2 Å². The van der Waals surface area contributed by atoms with Crippen LogP contribution in [0.3, 0.4) is 0 Å². The zero-order valence-electron chi connectivity index (χ0n) is 13.6. The molecular weight excluding hydrogens is 314 g/mol. The lowest BCUT2D eigenvalue weighted by molar-refractivity contribution is -0.120. The zero-order valence-corrected chi connectivity index (χ0v) is 14.4. The second-order valence-corrected chi connectivity index (χ2v) is 6.82. The summed E-state index contributed by atoms with van der Waals surface area (Å²) in [5.74, 6) is 1.01. The minimum Gasteiger partial charge on any atom is -0.355 e. The first-order valence-electron chi connectivity index (χ1n) is 8.24. The van der Waals surface area contributed by atoms with Crippen molar-refractivity contribution in [1.29, 1.82) is 0 Å². The highest BCUT2D eigenvalue weighted by Gasteiger charge is 2.05. The van der Waals surface area contributed by atoms with E-state index in [4.69, 9.17) is 0 Å². The van der Waals surface area contributed by atoms with Crippen molar-refractivity contribution in [2.45, 2.75) is 17.7 Å². The standard InChI is InChI=1S/C21H21NOS/c23-21(22-15-16-24-19-10-2-1-3-11-19)14-13-18-9-6-8-17-7-4-5-12-20(17)18/h1-12H,13-16H2,(H,22,23). The van der Waals surface area contributed by atoms with E-state index in [-0.39, 0.29) is 5.91 Å². The first kappa shape index (κ1) is 16.6. The number of rotatable bonds is 7. The van der Waals surface area contributed by atoms with Gasteiger partial charge in [-0.1, -0.05) is 60.7 Å². The molecule has 0 atom stereocenters. The average Bonchev–Trinajstić information content (AvgIpc) is 2.64. The van der Waals surface area contributed by atoms with Gasteiger partial charge in [0, 0.05) is 23.6 Å². The van der Waals surface area contributed by atoms with E-state index in [1.807, 2.05) is 30.3 Å². The van der Waals surface area contributed by atoms with Crippen LogP contribution in [0.1, 0.15) is 12.0 Å². The molecule has 0 heterocycles. The molecule has 3 heteroatoms. The molecule has 24 heavy (non-hydrogen) atoms. The summed E-state index contributed by atoms with van der Waals surface area (Å²) < 4.78 is 0. The lowest BCUT2D eigenvalue weighted by Gasteiger charge is -2.08. The Balaban J connectivity index is 1.44. The Hall–Kier alpha value is -2.26. The number of amides is 1. The predicted molar refractivity (Wildman–Crippen MR) is 102 cm³/mol. The second-order valence-electron chi connectivity index (χ2n) is 5.65. The predicted octanol–water partition coefficient (Wildman–Crippen LogP) is 4.68. The van der Waals surface area contributed by atoms with Crippen LogP contribution in [0.4, 0.5) is 0 Å². The fraction of sp³-hybridized carbons (Fsp3) is 0.190. The highest BCUT2D eigenvalue weighted by molar-refractivity contribution is 7.99. The Morgan fingerprint density at radius 3 is 2.50 bits per heavy atom. The summed E-state index contributed by atoms with van der Waals surface area (Å²) in [6.45, 7) is 0.702. The minimum atomic E-state index is 0.122. The third-order valence-electron chi connectivity index (χ3n) is 3.94. The maximum atomic E-state index is 12.0. The summed E-state index contributed by atoms with van der Waals surface area (Å²) in [6.07, 6.45) is 1.31. The summed E-state index contributed by atoms with van der Waals surface area (Å²) in [5.41, 5.74) is 1.24. The Bertz CT molecular complexity index is 796. The highest BCUT2D eigenvalue weighted by atomic mass is 32.2. The lowest BCUT2D eigenvalue weighted by Crippen LogP contribution is -2.25. The minimum absolute atomic E-state index is 0.122. The number of carbonyl (C=O) groups excluding carboxylic acids is 1. The molecule has 0 aliphatic carbocycles. The molecule has 0 unspecified atom stereocenters. The zero-order chi connectivity index (χ0) is 16.6. The molecular formula is C21H21NOS. The molecule has 0 radical (unpaired) electrons.